The van der Waals surface area contributed by atoms with E-state index in [-0.39, 0.29) is 11.8 Å². The number of carbonyl (C=O) groups excluding carboxylic acids is 1. The monoisotopic (exact) mass is 387 g/mol. The van der Waals surface area contributed by atoms with E-state index in [0.29, 0.717) is 6.54 Å². The van der Waals surface area contributed by atoms with Crippen LogP contribution in [-0.2, 0) is 4.79 Å². The topological polar surface area (TPSA) is 71.0 Å². The van der Waals surface area contributed by atoms with Crippen molar-refractivity contribution in [1.29, 1.82) is 0 Å². The fourth-order valence-electron chi connectivity index (χ4n) is 3.75. The molecule has 6 heteroatoms. The molecule has 148 valence electrons. The molecule has 3 aromatic rings. The van der Waals surface area contributed by atoms with Crippen LogP contribution >= 0.6 is 0 Å². The van der Waals surface area contributed by atoms with E-state index in [1.54, 1.807) is 12.4 Å². The van der Waals surface area contributed by atoms with Gasteiger partial charge < -0.3 is 10.2 Å². The van der Waals surface area contributed by atoms with Crippen molar-refractivity contribution in [3.05, 3.63) is 66.0 Å². The zero-order valence-corrected chi connectivity index (χ0v) is 16.8. The van der Waals surface area contributed by atoms with Gasteiger partial charge in [-0.2, -0.15) is 0 Å². The number of nitrogens with zero attached hydrogens (tertiary/aromatic N) is 4. The summed E-state index contributed by atoms with van der Waals surface area (Å²) in [6.07, 6.45) is 5.35. The molecule has 1 aliphatic rings. The lowest BCUT2D eigenvalue weighted by Gasteiger charge is -2.32. The van der Waals surface area contributed by atoms with Crippen LogP contribution in [0.2, 0.25) is 0 Å². The minimum absolute atomic E-state index is 0.0655. The molecular weight excluding hydrogens is 362 g/mol. The fourth-order valence-corrected chi connectivity index (χ4v) is 3.75. The van der Waals surface area contributed by atoms with E-state index in [0.717, 1.165) is 47.7 Å². The number of benzene rings is 1. The number of rotatable bonds is 4. The van der Waals surface area contributed by atoms with Crippen LogP contribution in [0.1, 0.15) is 24.0 Å². The number of hydrogen-bond acceptors (Lipinski definition) is 5. The number of piperidine rings is 1. The number of aromatic nitrogens is 3. The molecule has 1 aromatic carbocycles. The van der Waals surface area contributed by atoms with Gasteiger partial charge in [0, 0.05) is 36.7 Å². The van der Waals surface area contributed by atoms with E-state index in [2.05, 4.69) is 38.4 Å². The highest BCUT2D eigenvalue weighted by molar-refractivity contribution is 5.93. The third kappa shape index (κ3) is 4.42. The van der Waals surface area contributed by atoms with Gasteiger partial charge in [-0.3, -0.25) is 9.78 Å². The molecule has 0 saturated carbocycles. The third-order valence-electron chi connectivity index (χ3n) is 5.36. The standard InChI is InChI=1S/C23H25N5O/c1-16-7-8-20(17(2)13-16)25-23(29)19-6-4-12-28(15-19)22-10-9-21(26-27-22)18-5-3-11-24-14-18/h3,5,7-11,13-14,19H,4,6,12,15H2,1-2H3,(H,25,29). The van der Waals surface area contributed by atoms with Crippen molar-refractivity contribution in [2.24, 2.45) is 5.92 Å². The molecule has 1 aliphatic heterocycles. The lowest BCUT2D eigenvalue weighted by atomic mass is 9.96. The minimum Gasteiger partial charge on any atom is -0.354 e. The molecule has 1 saturated heterocycles. The number of anilines is 2. The lowest BCUT2D eigenvalue weighted by molar-refractivity contribution is -0.120. The van der Waals surface area contributed by atoms with Crippen LogP contribution < -0.4 is 10.2 Å². The van der Waals surface area contributed by atoms with Crippen molar-refractivity contribution < 1.29 is 4.79 Å². The Labute approximate surface area is 171 Å². The van der Waals surface area contributed by atoms with E-state index in [1.807, 2.05) is 43.3 Å². The number of amides is 1. The van der Waals surface area contributed by atoms with Gasteiger partial charge in [-0.25, -0.2) is 0 Å². The Morgan fingerprint density at radius 2 is 2.03 bits per heavy atom. The van der Waals surface area contributed by atoms with Gasteiger partial charge in [-0.15, -0.1) is 10.2 Å². The molecule has 6 nitrogen and oxygen atoms in total. The van der Waals surface area contributed by atoms with Gasteiger partial charge in [0.05, 0.1) is 11.6 Å². The molecule has 1 fully saturated rings. The summed E-state index contributed by atoms with van der Waals surface area (Å²) in [4.78, 5) is 19.1. The van der Waals surface area contributed by atoms with Crippen molar-refractivity contribution >= 4 is 17.4 Å². The Kier molecular flexibility index (Phi) is 5.51. The third-order valence-corrected chi connectivity index (χ3v) is 5.36. The number of aryl methyl sites for hydroxylation is 2. The average molecular weight is 387 g/mol. The highest BCUT2D eigenvalue weighted by atomic mass is 16.1. The van der Waals surface area contributed by atoms with Crippen LogP contribution in [-0.4, -0.2) is 34.2 Å². The summed E-state index contributed by atoms with van der Waals surface area (Å²) >= 11 is 0. The molecule has 0 bridgehead atoms. The average Bonchev–Trinajstić information content (AvgIpc) is 2.76. The zero-order chi connectivity index (χ0) is 20.2. The summed E-state index contributed by atoms with van der Waals surface area (Å²) in [5, 5.41) is 11.8. The highest BCUT2D eigenvalue weighted by Gasteiger charge is 2.27. The minimum atomic E-state index is -0.0655. The number of nitrogens with one attached hydrogen (secondary N) is 1. The van der Waals surface area contributed by atoms with Gasteiger partial charge in [-0.1, -0.05) is 17.7 Å². The van der Waals surface area contributed by atoms with Crippen LogP contribution in [0.5, 0.6) is 0 Å². The normalized spacial score (nSPS) is 16.5. The van der Waals surface area contributed by atoms with Crippen LogP contribution in [0.25, 0.3) is 11.3 Å². The fraction of sp³-hybridized carbons (Fsp3) is 0.304. The number of carbonyl (C=O) groups is 1. The Morgan fingerprint density at radius 1 is 1.14 bits per heavy atom. The molecule has 29 heavy (non-hydrogen) atoms. The molecule has 3 heterocycles. The quantitative estimate of drug-likeness (QED) is 0.732. The summed E-state index contributed by atoms with van der Waals surface area (Å²) in [5.41, 5.74) is 4.90. The van der Waals surface area contributed by atoms with Crippen molar-refractivity contribution in [3.63, 3.8) is 0 Å². The molecule has 1 atom stereocenters. The molecule has 1 N–H and O–H groups in total. The van der Waals surface area contributed by atoms with Crippen LogP contribution in [0.15, 0.2) is 54.9 Å². The van der Waals surface area contributed by atoms with Crippen molar-refractivity contribution in [3.8, 4) is 11.3 Å². The second-order valence-electron chi connectivity index (χ2n) is 7.61. The van der Waals surface area contributed by atoms with E-state index in [1.165, 1.54) is 5.56 Å². The SMILES string of the molecule is Cc1ccc(NC(=O)C2CCCN(c3ccc(-c4cccnc4)nn3)C2)c(C)c1. The maximum atomic E-state index is 12.8. The Bertz CT molecular complexity index is 988. The van der Waals surface area contributed by atoms with Gasteiger partial charge in [0.15, 0.2) is 5.82 Å². The van der Waals surface area contributed by atoms with Crippen LogP contribution in [0.4, 0.5) is 11.5 Å². The first kappa shape index (κ1) is 19.1. The molecule has 0 radical (unpaired) electrons. The van der Waals surface area contributed by atoms with E-state index >= 15 is 0 Å². The molecule has 2 aromatic heterocycles. The second-order valence-corrected chi connectivity index (χ2v) is 7.61. The van der Waals surface area contributed by atoms with Gasteiger partial charge in [0.25, 0.3) is 0 Å². The Balaban J connectivity index is 1.43. The summed E-state index contributed by atoms with van der Waals surface area (Å²) in [6.45, 7) is 5.61. The Morgan fingerprint density at radius 3 is 2.76 bits per heavy atom. The maximum absolute atomic E-state index is 12.8. The summed E-state index contributed by atoms with van der Waals surface area (Å²) in [5.74, 6) is 0.813. The largest absolute Gasteiger partial charge is 0.354 e. The first-order valence-electron chi connectivity index (χ1n) is 9.97. The predicted octanol–water partition coefficient (Wildman–Crippen LogP) is 4.01. The molecule has 0 spiro atoms. The first-order valence-corrected chi connectivity index (χ1v) is 9.97. The molecule has 0 aliphatic carbocycles. The van der Waals surface area contributed by atoms with E-state index in [4.69, 9.17) is 0 Å². The molecular formula is C23H25N5O. The molecule has 4 rings (SSSR count). The van der Waals surface area contributed by atoms with Crippen LogP contribution in [0, 0.1) is 19.8 Å². The van der Waals surface area contributed by atoms with Gasteiger partial charge in [-0.05, 0) is 62.6 Å². The smallest absolute Gasteiger partial charge is 0.229 e. The van der Waals surface area contributed by atoms with E-state index < -0.39 is 0 Å². The Hall–Kier alpha value is -3.28. The summed E-state index contributed by atoms with van der Waals surface area (Å²) in [6, 6.07) is 13.9. The number of hydrogen-bond donors (Lipinski definition) is 1. The van der Waals surface area contributed by atoms with Gasteiger partial charge in [0.2, 0.25) is 5.91 Å². The zero-order valence-electron chi connectivity index (χ0n) is 16.8. The van der Waals surface area contributed by atoms with Crippen molar-refractivity contribution in [2.45, 2.75) is 26.7 Å². The number of pyridine rings is 1. The van der Waals surface area contributed by atoms with Crippen LogP contribution in [0.3, 0.4) is 0 Å². The highest BCUT2D eigenvalue weighted by Crippen LogP contribution is 2.25. The predicted molar refractivity (Wildman–Crippen MR) is 115 cm³/mol. The van der Waals surface area contributed by atoms with Crippen molar-refractivity contribution in [1.82, 2.24) is 15.2 Å². The van der Waals surface area contributed by atoms with Gasteiger partial charge >= 0.3 is 0 Å². The second kappa shape index (κ2) is 8.39. The molecule has 1 amide bonds. The maximum Gasteiger partial charge on any atom is 0.229 e. The summed E-state index contributed by atoms with van der Waals surface area (Å²) < 4.78 is 0. The summed E-state index contributed by atoms with van der Waals surface area (Å²) in [7, 11) is 0. The first-order chi connectivity index (χ1) is 14.1. The van der Waals surface area contributed by atoms with Crippen molar-refractivity contribution in [2.75, 3.05) is 23.3 Å². The van der Waals surface area contributed by atoms with E-state index in [9.17, 15) is 4.79 Å². The molecule has 1 unspecified atom stereocenters. The lowest BCUT2D eigenvalue weighted by Crippen LogP contribution is -2.41. The van der Waals surface area contributed by atoms with Gasteiger partial charge in [0.1, 0.15) is 0 Å².